The van der Waals surface area contributed by atoms with Crippen LogP contribution < -0.4 is 16.4 Å². The summed E-state index contributed by atoms with van der Waals surface area (Å²) in [6, 6.07) is 1.69. The zero-order valence-corrected chi connectivity index (χ0v) is 14.1. The molecule has 6 heteroatoms. The highest BCUT2D eigenvalue weighted by Crippen LogP contribution is 2.32. The van der Waals surface area contributed by atoms with Crippen LogP contribution in [0.15, 0.2) is 0 Å². The molecular formula is C16H30ClN3O2. The van der Waals surface area contributed by atoms with Crippen LogP contribution in [0.2, 0.25) is 0 Å². The summed E-state index contributed by atoms with van der Waals surface area (Å²) in [5, 5.41) is 7.50. The number of nitrogens with one attached hydrogen (secondary N) is 2. The molecule has 3 unspecified atom stereocenters. The second-order valence-electron chi connectivity index (χ2n) is 6.95. The average Bonchev–Trinajstić information content (AvgIpc) is 2.97. The van der Waals surface area contributed by atoms with Crippen molar-refractivity contribution in [2.75, 3.05) is 19.8 Å². The molecule has 1 aliphatic heterocycles. The Kier molecular flexibility index (Phi) is 6.93. The predicted octanol–water partition coefficient (Wildman–Crippen LogP) is 1.20. The fourth-order valence-corrected chi connectivity index (χ4v) is 4.39. The molecule has 3 atom stereocenters. The van der Waals surface area contributed by atoms with E-state index in [-0.39, 0.29) is 24.2 Å². The van der Waals surface area contributed by atoms with Crippen molar-refractivity contribution in [3.05, 3.63) is 0 Å². The molecule has 2 saturated carbocycles. The number of carbonyl (C=O) groups is 1. The molecule has 1 saturated heterocycles. The first-order chi connectivity index (χ1) is 10.2. The molecule has 3 rings (SSSR count). The molecule has 0 bridgehead atoms. The lowest BCUT2D eigenvalue weighted by Crippen LogP contribution is -2.52. The van der Waals surface area contributed by atoms with Crippen molar-refractivity contribution >= 4 is 18.3 Å². The Bertz CT molecular complexity index is 355. The number of rotatable bonds is 4. The van der Waals surface area contributed by atoms with Crippen LogP contribution in [-0.2, 0) is 9.53 Å². The van der Waals surface area contributed by atoms with Gasteiger partial charge in [-0.15, -0.1) is 12.4 Å². The summed E-state index contributed by atoms with van der Waals surface area (Å²) in [7, 11) is 0. The van der Waals surface area contributed by atoms with Gasteiger partial charge in [-0.25, -0.2) is 0 Å². The molecule has 0 aromatic carbocycles. The molecule has 0 aromatic rings. The Morgan fingerprint density at radius 3 is 2.55 bits per heavy atom. The van der Waals surface area contributed by atoms with Crippen LogP contribution >= 0.6 is 12.4 Å². The number of amides is 1. The van der Waals surface area contributed by atoms with E-state index in [0.29, 0.717) is 24.0 Å². The third kappa shape index (κ3) is 4.34. The van der Waals surface area contributed by atoms with Gasteiger partial charge in [0.25, 0.3) is 0 Å². The highest BCUT2D eigenvalue weighted by Gasteiger charge is 2.36. The first kappa shape index (κ1) is 18.0. The van der Waals surface area contributed by atoms with Crippen LogP contribution in [0.4, 0.5) is 0 Å². The minimum Gasteiger partial charge on any atom is -0.379 e. The number of hydrogen-bond acceptors (Lipinski definition) is 4. The smallest absolute Gasteiger partial charge is 0.220 e. The summed E-state index contributed by atoms with van der Waals surface area (Å²) in [4.78, 5) is 11.2. The van der Waals surface area contributed by atoms with E-state index in [9.17, 15) is 4.79 Å². The van der Waals surface area contributed by atoms with Gasteiger partial charge in [-0.1, -0.05) is 6.42 Å². The summed E-state index contributed by atoms with van der Waals surface area (Å²) in [5.74, 6) is 0.686. The molecule has 2 aliphatic carbocycles. The van der Waals surface area contributed by atoms with Gasteiger partial charge in [0.15, 0.2) is 0 Å². The van der Waals surface area contributed by atoms with Crippen LogP contribution in [0.5, 0.6) is 0 Å². The van der Waals surface area contributed by atoms with Gasteiger partial charge in [0.05, 0.1) is 13.2 Å². The van der Waals surface area contributed by atoms with Crippen LogP contribution in [-0.4, -0.2) is 43.8 Å². The average molecular weight is 332 g/mol. The number of ether oxygens (including phenoxy) is 1. The SMILES string of the molecule is Cl.NC(=O)C1CCC(NC2CCCC2C2COCCN2)CC1. The summed E-state index contributed by atoms with van der Waals surface area (Å²) >= 11 is 0. The van der Waals surface area contributed by atoms with Gasteiger partial charge in [0.2, 0.25) is 5.91 Å². The third-order valence-corrected chi connectivity index (χ3v) is 5.62. The zero-order valence-electron chi connectivity index (χ0n) is 13.3. The molecule has 128 valence electrons. The predicted molar refractivity (Wildman–Crippen MR) is 89.1 cm³/mol. The number of carbonyl (C=O) groups excluding carboxylic acids is 1. The number of morpholine rings is 1. The van der Waals surface area contributed by atoms with Gasteiger partial charge in [0.1, 0.15) is 0 Å². The summed E-state index contributed by atoms with van der Waals surface area (Å²) in [6.45, 7) is 2.69. The van der Waals surface area contributed by atoms with E-state index in [4.69, 9.17) is 10.5 Å². The number of nitrogens with two attached hydrogens (primary N) is 1. The highest BCUT2D eigenvalue weighted by atomic mass is 35.5. The molecule has 3 aliphatic rings. The van der Waals surface area contributed by atoms with E-state index in [1.165, 1.54) is 19.3 Å². The van der Waals surface area contributed by atoms with Crippen molar-refractivity contribution in [3.8, 4) is 0 Å². The Balaban J connectivity index is 0.00000176. The molecule has 4 N–H and O–H groups in total. The molecular weight excluding hydrogens is 302 g/mol. The van der Waals surface area contributed by atoms with Crippen molar-refractivity contribution in [3.63, 3.8) is 0 Å². The number of halogens is 1. The largest absolute Gasteiger partial charge is 0.379 e. The zero-order chi connectivity index (χ0) is 14.7. The summed E-state index contributed by atoms with van der Waals surface area (Å²) < 4.78 is 5.63. The van der Waals surface area contributed by atoms with Crippen molar-refractivity contribution in [2.45, 2.75) is 63.1 Å². The van der Waals surface area contributed by atoms with E-state index in [1.807, 2.05) is 0 Å². The molecule has 22 heavy (non-hydrogen) atoms. The fourth-order valence-electron chi connectivity index (χ4n) is 4.39. The van der Waals surface area contributed by atoms with Crippen molar-refractivity contribution in [2.24, 2.45) is 17.6 Å². The van der Waals surface area contributed by atoms with E-state index >= 15 is 0 Å². The van der Waals surface area contributed by atoms with E-state index in [2.05, 4.69) is 10.6 Å². The lowest BCUT2D eigenvalue weighted by Gasteiger charge is -2.36. The Labute approximate surface area is 139 Å². The Morgan fingerprint density at radius 1 is 1.14 bits per heavy atom. The van der Waals surface area contributed by atoms with Gasteiger partial charge in [0, 0.05) is 30.6 Å². The first-order valence-electron chi connectivity index (χ1n) is 8.60. The summed E-state index contributed by atoms with van der Waals surface area (Å²) in [6.07, 6.45) is 7.98. The summed E-state index contributed by atoms with van der Waals surface area (Å²) in [5.41, 5.74) is 5.41. The fraction of sp³-hybridized carbons (Fsp3) is 0.938. The molecule has 0 aromatic heterocycles. The van der Waals surface area contributed by atoms with Crippen molar-refractivity contribution in [1.82, 2.24) is 10.6 Å². The standard InChI is InChI=1S/C16H29N3O2.ClH/c17-16(20)11-4-6-12(7-5-11)19-14-3-1-2-13(14)15-10-21-9-8-18-15;/h11-15,18-19H,1-10H2,(H2,17,20);1H. The molecule has 5 nitrogen and oxygen atoms in total. The normalized spacial score (nSPS) is 39.2. The monoisotopic (exact) mass is 331 g/mol. The van der Waals surface area contributed by atoms with Gasteiger partial charge in [-0.3, -0.25) is 4.79 Å². The van der Waals surface area contributed by atoms with Crippen molar-refractivity contribution in [1.29, 1.82) is 0 Å². The van der Waals surface area contributed by atoms with Crippen molar-refractivity contribution < 1.29 is 9.53 Å². The highest BCUT2D eigenvalue weighted by molar-refractivity contribution is 5.85. The van der Waals surface area contributed by atoms with Crippen LogP contribution in [0.25, 0.3) is 0 Å². The lowest BCUT2D eigenvalue weighted by molar-refractivity contribution is -0.122. The van der Waals surface area contributed by atoms with E-state index in [1.54, 1.807) is 0 Å². The number of hydrogen-bond donors (Lipinski definition) is 3. The lowest BCUT2D eigenvalue weighted by atomic mass is 9.84. The minimum absolute atomic E-state index is 0. The maximum absolute atomic E-state index is 11.2. The Hall–Kier alpha value is -0.360. The van der Waals surface area contributed by atoms with Crippen LogP contribution in [0.1, 0.15) is 44.9 Å². The van der Waals surface area contributed by atoms with Crippen LogP contribution in [0.3, 0.4) is 0 Å². The number of primary amides is 1. The van der Waals surface area contributed by atoms with Gasteiger partial charge < -0.3 is 21.1 Å². The second-order valence-corrected chi connectivity index (χ2v) is 6.95. The van der Waals surface area contributed by atoms with Gasteiger partial charge >= 0.3 is 0 Å². The van der Waals surface area contributed by atoms with Gasteiger partial charge in [-0.2, -0.15) is 0 Å². The topological polar surface area (TPSA) is 76.4 Å². The molecule has 0 radical (unpaired) electrons. The third-order valence-electron chi connectivity index (χ3n) is 5.62. The van der Waals surface area contributed by atoms with E-state index in [0.717, 1.165) is 45.4 Å². The molecule has 3 fully saturated rings. The van der Waals surface area contributed by atoms with Crippen LogP contribution in [0, 0.1) is 11.8 Å². The Morgan fingerprint density at radius 2 is 1.91 bits per heavy atom. The molecule has 1 heterocycles. The maximum atomic E-state index is 11.2. The quantitative estimate of drug-likeness (QED) is 0.723. The molecule has 0 spiro atoms. The molecule has 1 amide bonds. The van der Waals surface area contributed by atoms with Gasteiger partial charge in [-0.05, 0) is 44.4 Å². The first-order valence-corrected chi connectivity index (χ1v) is 8.60. The minimum atomic E-state index is -0.115. The second kappa shape index (κ2) is 8.48. The van der Waals surface area contributed by atoms with E-state index < -0.39 is 0 Å². The maximum Gasteiger partial charge on any atom is 0.220 e.